The van der Waals surface area contributed by atoms with Crippen molar-refractivity contribution >= 4 is 5.97 Å². The van der Waals surface area contributed by atoms with E-state index in [9.17, 15) is 4.79 Å². The molecule has 134 valence electrons. The van der Waals surface area contributed by atoms with Gasteiger partial charge in [-0.3, -0.25) is 0 Å². The van der Waals surface area contributed by atoms with Crippen molar-refractivity contribution in [1.82, 2.24) is 10.2 Å². The summed E-state index contributed by atoms with van der Waals surface area (Å²) in [4.78, 5) is 11.9. The largest absolute Gasteiger partial charge is 0.497 e. The van der Waals surface area contributed by atoms with E-state index in [4.69, 9.17) is 18.6 Å². The lowest BCUT2D eigenvalue weighted by atomic mass is 10.2. The topological polar surface area (TPSA) is 83.7 Å². The summed E-state index contributed by atoms with van der Waals surface area (Å²) in [5.74, 6) is 1.31. The first kappa shape index (κ1) is 17.5. The van der Waals surface area contributed by atoms with Crippen LogP contribution in [0.5, 0.6) is 11.5 Å². The first-order valence-corrected chi connectivity index (χ1v) is 8.01. The van der Waals surface area contributed by atoms with Crippen LogP contribution in [-0.2, 0) is 9.53 Å². The summed E-state index contributed by atoms with van der Waals surface area (Å²) in [5, 5.41) is 7.91. The Morgan fingerprint density at radius 2 is 1.73 bits per heavy atom. The van der Waals surface area contributed by atoms with Crippen molar-refractivity contribution in [2.45, 2.75) is 13.0 Å². The lowest BCUT2D eigenvalue weighted by Gasteiger charge is -2.10. The first-order chi connectivity index (χ1) is 12.7. The Morgan fingerprint density at radius 1 is 1.04 bits per heavy atom. The SMILES string of the molecule is COc1ccc(OCC(=O)O[C@H](C)c2nnc(-c3ccccc3)o2)cc1. The maximum Gasteiger partial charge on any atom is 0.344 e. The number of carbonyl (C=O) groups excluding carboxylic acids is 1. The molecule has 0 amide bonds. The summed E-state index contributed by atoms with van der Waals surface area (Å²) in [6.45, 7) is 1.43. The van der Waals surface area contributed by atoms with Gasteiger partial charge in [0.1, 0.15) is 11.5 Å². The standard InChI is InChI=1S/C19H18N2O5/c1-13(18-20-21-19(26-18)14-6-4-3-5-7-14)25-17(22)12-24-16-10-8-15(23-2)9-11-16/h3-11,13H,12H2,1-2H3/t13-/m1/s1. The molecule has 0 radical (unpaired) electrons. The summed E-state index contributed by atoms with van der Waals surface area (Å²) in [6.07, 6.45) is -0.674. The fourth-order valence-electron chi connectivity index (χ4n) is 2.19. The van der Waals surface area contributed by atoms with Gasteiger partial charge in [-0.1, -0.05) is 18.2 Å². The monoisotopic (exact) mass is 354 g/mol. The maximum absolute atomic E-state index is 11.9. The zero-order chi connectivity index (χ0) is 18.4. The van der Waals surface area contributed by atoms with Gasteiger partial charge in [-0.2, -0.15) is 0 Å². The van der Waals surface area contributed by atoms with E-state index >= 15 is 0 Å². The molecule has 0 unspecified atom stereocenters. The molecular weight excluding hydrogens is 336 g/mol. The molecule has 0 fully saturated rings. The molecule has 26 heavy (non-hydrogen) atoms. The van der Waals surface area contributed by atoms with Gasteiger partial charge in [0.05, 0.1) is 7.11 Å². The van der Waals surface area contributed by atoms with E-state index in [-0.39, 0.29) is 12.5 Å². The second-order valence-corrected chi connectivity index (χ2v) is 5.41. The molecule has 7 heteroatoms. The highest BCUT2D eigenvalue weighted by atomic mass is 16.6. The van der Waals surface area contributed by atoms with Gasteiger partial charge in [0.15, 0.2) is 12.7 Å². The third-order valence-electron chi connectivity index (χ3n) is 3.53. The van der Waals surface area contributed by atoms with Crippen molar-refractivity contribution in [1.29, 1.82) is 0 Å². The van der Waals surface area contributed by atoms with Crippen molar-refractivity contribution in [3.63, 3.8) is 0 Å². The minimum atomic E-state index is -0.674. The molecule has 2 aromatic carbocycles. The molecule has 0 saturated heterocycles. The van der Waals surface area contributed by atoms with Crippen LogP contribution in [0.15, 0.2) is 59.0 Å². The van der Waals surface area contributed by atoms with Crippen LogP contribution in [-0.4, -0.2) is 29.9 Å². The Balaban J connectivity index is 1.53. The average Bonchev–Trinajstić information content (AvgIpc) is 3.18. The summed E-state index contributed by atoms with van der Waals surface area (Å²) >= 11 is 0. The molecule has 0 bridgehead atoms. The lowest BCUT2D eigenvalue weighted by Crippen LogP contribution is -2.17. The van der Waals surface area contributed by atoms with Crippen molar-refractivity contribution in [3.8, 4) is 23.0 Å². The Morgan fingerprint density at radius 3 is 2.42 bits per heavy atom. The molecule has 0 aliphatic heterocycles. The molecule has 1 aromatic heterocycles. The third kappa shape index (κ3) is 4.38. The van der Waals surface area contributed by atoms with Gasteiger partial charge in [-0.05, 0) is 43.3 Å². The predicted molar refractivity (Wildman–Crippen MR) is 92.7 cm³/mol. The Hall–Kier alpha value is -3.35. The van der Waals surface area contributed by atoms with Crippen LogP contribution in [0.2, 0.25) is 0 Å². The number of aromatic nitrogens is 2. The summed E-state index contributed by atoms with van der Waals surface area (Å²) < 4.78 is 21.3. The Labute approximate surface area is 150 Å². The van der Waals surface area contributed by atoms with E-state index in [0.717, 1.165) is 5.56 Å². The fourth-order valence-corrected chi connectivity index (χ4v) is 2.19. The molecule has 0 saturated carbocycles. The molecule has 0 aliphatic rings. The minimum absolute atomic E-state index is 0.224. The van der Waals surface area contributed by atoms with E-state index in [1.807, 2.05) is 30.3 Å². The van der Waals surface area contributed by atoms with Gasteiger partial charge in [-0.15, -0.1) is 10.2 Å². The molecule has 0 N–H and O–H groups in total. The maximum atomic E-state index is 11.9. The van der Waals surface area contributed by atoms with E-state index in [2.05, 4.69) is 10.2 Å². The molecule has 3 rings (SSSR count). The smallest absolute Gasteiger partial charge is 0.344 e. The van der Waals surface area contributed by atoms with Crippen LogP contribution in [0.4, 0.5) is 0 Å². The van der Waals surface area contributed by atoms with Crippen LogP contribution in [0.3, 0.4) is 0 Å². The summed E-state index contributed by atoms with van der Waals surface area (Å²) in [7, 11) is 1.58. The summed E-state index contributed by atoms with van der Waals surface area (Å²) in [6, 6.07) is 16.3. The van der Waals surface area contributed by atoms with Crippen LogP contribution in [0.25, 0.3) is 11.5 Å². The fraction of sp³-hybridized carbons (Fsp3) is 0.211. The van der Waals surface area contributed by atoms with Gasteiger partial charge in [-0.25, -0.2) is 4.79 Å². The number of benzene rings is 2. The second kappa shape index (κ2) is 8.15. The molecule has 1 atom stereocenters. The van der Waals surface area contributed by atoms with E-state index in [1.54, 1.807) is 38.3 Å². The van der Waals surface area contributed by atoms with E-state index in [1.165, 1.54) is 0 Å². The number of rotatable bonds is 7. The van der Waals surface area contributed by atoms with Crippen molar-refractivity contribution in [2.75, 3.05) is 13.7 Å². The van der Waals surface area contributed by atoms with Gasteiger partial charge in [0, 0.05) is 5.56 Å². The zero-order valence-electron chi connectivity index (χ0n) is 14.4. The Kier molecular flexibility index (Phi) is 5.48. The normalized spacial score (nSPS) is 11.6. The van der Waals surface area contributed by atoms with Crippen molar-refractivity contribution < 1.29 is 23.4 Å². The number of ether oxygens (including phenoxy) is 3. The number of esters is 1. The average molecular weight is 354 g/mol. The summed E-state index contributed by atoms with van der Waals surface area (Å²) in [5.41, 5.74) is 0.799. The van der Waals surface area contributed by atoms with E-state index < -0.39 is 12.1 Å². The third-order valence-corrected chi connectivity index (χ3v) is 3.53. The highest BCUT2D eigenvalue weighted by Crippen LogP contribution is 2.22. The quantitative estimate of drug-likeness (QED) is 0.601. The number of methoxy groups -OCH3 is 1. The van der Waals surface area contributed by atoms with Crippen LogP contribution >= 0.6 is 0 Å². The molecule has 3 aromatic rings. The molecule has 0 aliphatic carbocycles. The van der Waals surface area contributed by atoms with Crippen LogP contribution in [0, 0.1) is 0 Å². The lowest BCUT2D eigenvalue weighted by molar-refractivity contribution is -0.152. The van der Waals surface area contributed by atoms with Gasteiger partial charge in [0.25, 0.3) is 5.89 Å². The van der Waals surface area contributed by atoms with Crippen LogP contribution < -0.4 is 9.47 Å². The predicted octanol–water partition coefficient (Wildman–Crippen LogP) is 3.43. The number of hydrogen-bond donors (Lipinski definition) is 0. The van der Waals surface area contributed by atoms with Gasteiger partial charge in [0.2, 0.25) is 5.89 Å². The molecule has 7 nitrogen and oxygen atoms in total. The zero-order valence-corrected chi connectivity index (χ0v) is 14.4. The van der Waals surface area contributed by atoms with Gasteiger partial charge < -0.3 is 18.6 Å². The molecular formula is C19H18N2O5. The minimum Gasteiger partial charge on any atom is -0.497 e. The van der Waals surface area contributed by atoms with Crippen LogP contribution in [0.1, 0.15) is 18.9 Å². The van der Waals surface area contributed by atoms with Crippen molar-refractivity contribution in [3.05, 3.63) is 60.5 Å². The number of carbonyl (C=O) groups is 1. The number of nitrogens with zero attached hydrogens (tertiary/aromatic N) is 2. The molecule has 0 spiro atoms. The van der Waals surface area contributed by atoms with Crippen molar-refractivity contribution in [2.24, 2.45) is 0 Å². The molecule has 1 heterocycles. The first-order valence-electron chi connectivity index (χ1n) is 8.01. The second-order valence-electron chi connectivity index (χ2n) is 5.41. The van der Waals surface area contributed by atoms with Gasteiger partial charge >= 0.3 is 5.97 Å². The Bertz CT molecular complexity index is 846. The van der Waals surface area contributed by atoms with E-state index in [0.29, 0.717) is 17.4 Å². The highest BCUT2D eigenvalue weighted by Gasteiger charge is 2.19. The number of hydrogen-bond acceptors (Lipinski definition) is 7. The highest BCUT2D eigenvalue weighted by molar-refractivity contribution is 5.71.